The monoisotopic (exact) mass is 268 g/mol. The van der Waals surface area contributed by atoms with Gasteiger partial charge in [0, 0.05) is 22.5 Å². The number of Topliss-reactive ketones (excluding diaryl/α,β-unsaturated/α-hetero) is 1. The Labute approximate surface area is 117 Å². The summed E-state index contributed by atoms with van der Waals surface area (Å²) < 4.78 is 5.63. The number of nitrogens with one attached hydrogen (secondary N) is 1. The second-order valence-electron chi connectivity index (χ2n) is 4.90. The lowest BCUT2D eigenvalue weighted by molar-refractivity contribution is 0.101. The fraction of sp³-hybridized carbons (Fsp3) is 0.188. The molecule has 20 heavy (non-hydrogen) atoms. The number of carbonyl (C=O) groups excluding carboxylic acids is 1. The number of nitrogens with two attached hydrogens (primary N) is 1. The van der Waals surface area contributed by atoms with Gasteiger partial charge in [0.15, 0.2) is 5.78 Å². The van der Waals surface area contributed by atoms with Gasteiger partial charge in [0.05, 0.1) is 6.04 Å². The lowest BCUT2D eigenvalue weighted by Crippen LogP contribution is -2.12. The minimum absolute atomic E-state index is 0.0244. The first kappa shape index (κ1) is 12.5. The number of anilines is 2. The van der Waals surface area contributed by atoms with Gasteiger partial charge >= 0.3 is 0 Å². The van der Waals surface area contributed by atoms with Crippen LogP contribution < -0.4 is 15.8 Å². The molecule has 0 amide bonds. The molecule has 2 aromatic carbocycles. The zero-order valence-electron chi connectivity index (χ0n) is 11.2. The molecule has 1 heterocycles. The molecule has 4 nitrogen and oxygen atoms in total. The SMILES string of the molecule is CC(=O)c1ccc(NC2COc3ccccc32)cc1N. The summed E-state index contributed by atoms with van der Waals surface area (Å²) in [4.78, 5) is 11.4. The molecule has 0 saturated heterocycles. The van der Waals surface area contributed by atoms with Crippen molar-refractivity contribution in [3.63, 3.8) is 0 Å². The smallest absolute Gasteiger partial charge is 0.161 e. The normalized spacial score (nSPS) is 16.4. The maximum atomic E-state index is 11.4. The van der Waals surface area contributed by atoms with Gasteiger partial charge in [-0.1, -0.05) is 18.2 Å². The van der Waals surface area contributed by atoms with Crippen LogP contribution in [0.2, 0.25) is 0 Å². The maximum absolute atomic E-state index is 11.4. The van der Waals surface area contributed by atoms with E-state index < -0.39 is 0 Å². The molecule has 0 aliphatic carbocycles. The summed E-state index contributed by atoms with van der Waals surface area (Å²) in [5.41, 5.74) is 8.98. The molecule has 1 atom stereocenters. The van der Waals surface area contributed by atoms with Crippen LogP contribution in [0.4, 0.5) is 11.4 Å². The summed E-state index contributed by atoms with van der Waals surface area (Å²) in [6, 6.07) is 13.5. The van der Waals surface area contributed by atoms with Crippen molar-refractivity contribution in [2.75, 3.05) is 17.7 Å². The van der Waals surface area contributed by atoms with E-state index in [-0.39, 0.29) is 11.8 Å². The highest BCUT2D eigenvalue weighted by Gasteiger charge is 2.23. The molecule has 102 valence electrons. The highest BCUT2D eigenvalue weighted by atomic mass is 16.5. The molecule has 0 bridgehead atoms. The molecule has 0 spiro atoms. The van der Waals surface area contributed by atoms with Gasteiger partial charge in [0.2, 0.25) is 0 Å². The number of rotatable bonds is 3. The molecule has 1 aliphatic rings. The summed E-state index contributed by atoms with van der Waals surface area (Å²) in [6.45, 7) is 2.10. The second-order valence-corrected chi connectivity index (χ2v) is 4.90. The zero-order valence-corrected chi connectivity index (χ0v) is 11.2. The molecule has 0 fully saturated rings. The third kappa shape index (κ3) is 2.20. The largest absolute Gasteiger partial charge is 0.491 e. The Balaban J connectivity index is 1.83. The van der Waals surface area contributed by atoms with Crippen molar-refractivity contribution in [3.05, 3.63) is 53.6 Å². The summed E-state index contributed by atoms with van der Waals surface area (Å²) in [5.74, 6) is 0.891. The molecule has 2 aromatic rings. The molecular formula is C16H16N2O2. The highest BCUT2D eigenvalue weighted by Crippen LogP contribution is 2.34. The molecule has 0 aromatic heterocycles. The topological polar surface area (TPSA) is 64.3 Å². The van der Waals surface area contributed by atoms with Crippen LogP contribution in [0.1, 0.15) is 28.9 Å². The van der Waals surface area contributed by atoms with Crippen molar-refractivity contribution in [2.45, 2.75) is 13.0 Å². The highest BCUT2D eigenvalue weighted by molar-refractivity contribution is 5.99. The average Bonchev–Trinajstić information content (AvgIpc) is 2.82. The van der Waals surface area contributed by atoms with Crippen LogP contribution in [0.5, 0.6) is 5.75 Å². The summed E-state index contributed by atoms with van der Waals surface area (Å²) in [5, 5.41) is 3.39. The van der Waals surface area contributed by atoms with E-state index in [9.17, 15) is 4.79 Å². The predicted molar refractivity (Wildman–Crippen MR) is 79.2 cm³/mol. The number of para-hydroxylation sites is 1. The van der Waals surface area contributed by atoms with Gasteiger partial charge in [0.25, 0.3) is 0 Å². The molecule has 3 N–H and O–H groups in total. The quantitative estimate of drug-likeness (QED) is 0.663. The fourth-order valence-electron chi connectivity index (χ4n) is 2.46. The van der Waals surface area contributed by atoms with Crippen molar-refractivity contribution in [3.8, 4) is 5.75 Å². The minimum Gasteiger partial charge on any atom is -0.491 e. The van der Waals surface area contributed by atoms with Gasteiger partial charge in [-0.2, -0.15) is 0 Å². The van der Waals surface area contributed by atoms with Gasteiger partial charge in [-0.25, -0.2) is 0 Å². The Bertz CT molecular complexity index is 667. The van der Waals surface area contributed by atoms with E-state index in [1.165, 1.54) is 6.92 Å². The lowest BCUT2D eigenvalue weighted by atomic mass is 10.1. The lowest BCUT2D eigenvalue weighted by Gasteiger charge is -2.14. The molecule has 1 aliphatic heterocycles. The van der Waals surface area contributed by atoms with E-state index in [0.29, 0.717) is 17.9 Å². The van der Waals surface area contributed by atoms with Crippen molar-refractivity contribution < 1.29 is 9.53 Å². The third-order valence-electron chi connectivity index (χ3n) is 3.47. The maximum Gasteiger partial charge on any atom is 0.161 e. The van der Waals surface area contributed by atoms with E-state index >= 15 is 0 Å². The first-order valence-corrected chi connectivity index (χ1v) is 6.54. The number of hydrogen-bond donors (Lipinski definition) is 2. The van der Waals surface area contributed by atoms with Crippen molar-refractivity contribution in [1.29, 1.82) is 0 Å². The van der Waals surface area contributed by atoms with E-state index in [0.717, 1.165) is 17.0 Å². The molecule has 0 radical (unpaired) electrons. The number of fused-ring (bicyclic) bond motifs is 1. The number of nitrogen functional groups attached to an aromatic ring is 1. The van der Waals surface area contributed by atoms with Crippen molar-refractivity contribution in [1.82, 2.24) is 0 Å². The molecule has 1 unspecified atom stereocenters. The van der Waals surface area contributed by atoms with E-state index in [1.807, 2.05) is 30.3 Å². The van der Waals surface area contributed by atoms with Crippen molar-refractivity contribution in [2.24, 2.45) is 0 Å². The first-order valence-electron chi connectivity index (χ1n) is 6.54. The Morgan fingerprint density at radius 1 is 1.30 bits per heavy atom. The number of ketones is 1. The van der Waals surface area contributed by atoms with Gasteiger partial charge < -0.3 is 15.8 Å². The first-order chi connectivity index (χ1) is 9.65. The van der Waals surface area contributed by atoms with Gasteiger partial charge in [-0.3, -0.25) is 4.79 Å². The van der Waals surface area contributed by atoms with E-state index in [1.54, 1.807) is 12.1 Å². The Hall–Kier alpha value is -2.49. The summed E-state index contributed by atoms with van der Waals surface area (Å²) >= 11 is 0. The van der Waals surface area contributed by atoms with Crippen LogP contribution in [-0.2, 0) is 0 Å². The molecule has 3 rings (SSSR count). The van der Waals surface area contributed by atoms with Crippen LogP contribution in [0.15, 0.2) is 42.5 Å². The second kappa shape index (κ2) is 4.89. The molecule has 4 heteroatoms. The average molecular weight is 268 g/mol. The van der Waals surface area contributed by atoms with Crippen LogP contribution in [0.3, 0.4) is 0 Å². The van der Waals surface area contributed by atoms with E-state index in [4.69, 9.17) is 10.5 Å². The number of ether oxygens (including phenoxy) is 1. The zero-order chi connectivity index (χ0) is 14.1. The standard InChI is InChI=1S/C16H16N2O2/c1-10(19)12-7-6-11(8-14(12)17)18-15-9-20-16-5-3-2-4-13(15)16/h2-8,15,18H,9,17H2,1H3. The van der Waals surface area contributed by atoms with Crippen LogP contribution >= 0.6 is 0 Å². The Morgan fingerprint density at radius 2 is 2.10 bits per heavy atom. The van der Waals surface area contributed by atoms with Crippen molar-refractivity contribution >= 4 is 17.2 Å². The minimum atomic E-state index is -0.0244. The predicted octanol–water partition coefficient (Wildman–Crippen LogP) is 3.02. The number of benzene rings is 2. The Kier molecular flexibility index (Phi) is 3.06. The third-order valence-corrected chi connectivity index (χ3v) is 3.47. The number of carbonyl (C=O) groups is 1. The van der Waals surface area contributed by atoms with Gasteiger partial charge in [-0.15, -0.1) is 0 Å². The van der Waals surface area contributed by atoms with Gasteiger partial charge in [0.1, 0.15) is 12.4 Å². The number of hydrogen-bond acceptors (Lipinski definition) is 4. The van der Waals surface area contributed by atoms with E-state index in [2.05, 4.69) is 5.32 Å². The van der Waals surface area contributed by atoms with Crippen LogP contribution in [-0.4, -0.2) is 12.4 Å². The van der Waals surface area contributed by atoms with Crippen LogP contribution in [0.25, 0.3) is 0 Å². The molecule has 0 saturated carbocycles. The Morgan fingerprint density at radius 3 is 2.85 bits per heavy atom. The van der Waals surface area contributed by atoms with Crippen LogP contribution in [0, 0.1) is 0 Å². The molecular weight excluding hydrogens is 252 g/mol. The summed E-state index contributed by atoms with van der Waals surface area (Å²) in [6.07, 6.45) is 0. The van der Waals surface area contributed by atoms with Gasteiger partial charge in [-0.05, 0) is 31.2 Å². The fourth-order valence-corrected chi connectivity index (χ4v) is 2.46. The summed E-state index contributed by atoms with van der Waals surface area (Å²) in [7, 11) is 0.